The van der Waals surface area contributed by atoms with Gasteiger partial charge in [-0.15, -0.1) is 0 Å². The number of rotatable bonds is 7. The van der Waals surface area contributed by atoms with Crippen LogP contribution in [0, 0.1) is 0 Å². The Morgan fingerprint density at radius 3 is 2.12 bits per heavy atom. The van der Waals surface area contributed by atoms with Crippen LogP contribution < -0.4 is 15.4 Å². The van der Waals surface area contributed by atoms with Crippen LogP contribution in [0.4, 0.5) is 11.4 Å². The Morgan fingerprint density at radius 2 is 1.47 bits per heavy atom. The third-order valence-electron chi connectivity index (χ3n) is 4.73. The van der Waals surface area contributed by atoms with Gasteiger partial charge in [0.2, 0.25) is 0 Å². The highest BCUT2D eigenvalue weighted by Crippen LogP contribution is 2.18. The number of hydrogen-bond acceptors (Lipinski definition) is 4. The zero-order chi connectivity index (χ0) is 22.3. The number of amides is 2. The zero-order valence-electron chi connectivity index (χ0n) is 17.5. The second-order valence-corrected chi connectivity index (χ2v) is 6.93. The lowest BCUT2D eigenvalue weighted by Crippen LogP contribution is -2.16. The minimum absolute atomic E-state index is 0.241. The monoisotopic (exact) mass is 426 g/mol. The van der Waals surface area contributed by atoms with Gasteiger partial charge in [0.25, 0.3) is 11.8 Å². The van der Waals surface area contributed by atoms with Crippen LogP contribution in [0.1, 0.15) is 27.8 Å². The molecule has 0 atom stereocenters. The Morgan fingerprint density at radius 1 is 0.844 bits per heavy atom. The van der Waals surface area contributed by atoms with Gasteiger partial charge in [0, 0.05) is 22.6 Å². The van der Waals surface area contributed by atoms with E-state index in [2.05, 4.69) is 15.6 Å². The molecule has 4 rings (SSSR count). The van der Waals surface area contributed by atoms with E-state index >= 15 is 0 Å². The Kier molecular flexibility index (Phi) is 6.27. The van der Waals surface area contributed by atoms with Crippen molar-refractivity contribution in [3.63, 3.8) is 0 Å². The van der Waals surface area contributed by atoms with Crippen LogP contribution in [-0.2, 0) is 0 Å². The van der Waals surface area contributed by atoms with Crippen LogP contribution in [0.25, 0.3) is 5.69 Å². The number of carbonyl (C=O) groups is 2. The minimum atomic E-state index is -0.294. The number of nitrogens with zero attached hydrogens (tertiary/aromatic N) is 2. The van der Waals surface area contributed by atoms with Crippen molar-refractivity contribution in [1.29, 1.82) is 0 Å². The Balaban J connectivity index is 1.40. The fraction of sp³-hybridized carbons (Fsp3) is 0.0800. The smallest absolute Gasteiger partial charge is 0.274 e. The topological polar surface area (TPSA) is 85.2 Å². The molecule has 0 radical (unpaired) electrons. The lowest BCUT2D eigenvalue weighted by Gasteiger charge is -2.10. The van der Waals surface area contributed by atoms with Crippen molar-refractivity contribution >= 4 is 23.2 Å². The molecule has 0 fully saturated rings. The first-order chi connectivity index (χ1) is 15.6. The number of ether oxygens (including phenoxy) is 1. The Hall–Kier alpha value is -4.39. The molecule has 3 aromatic carbocycles. The predicted octanol–water partition coefficient (Wildman–Crippen LogP) is 4.78. The van der Waals surface area contributed by atoms with Crippen molar-refractivity contribution in [3.8, 4) is 11.4 Å². The molecule has 2 amide bonds. The van der Waals surface area contributed by atoms with Crippen LogP contribution in [0.15, 0.2) is 91.4 Å². The van der Waals surface area contributed by atoms with Gasteiger partial charge < -0.3 is 15.4 Å². The molecular weight excluding hydrogens is 404 g/mol. The molecule has 0 saturated carbocycles. The fourth-order valence-electron chi connectivity index (χ4n) is 3.16. The molecule has 1 heterocycles. The molecule has 0 unspecified atom stereocenters. The maximum absolute atomic E-state index is 12.7. The third-order valence-corrected chi connectivity index (χ3v) is 4.73. The molecule has 7 nitrogen and oxygen atoms in total. The van der Waals surface area contributed by atoms with E-state index in [1.165, 1.54) is 6.20 Å². The third kappa shape index (κ3) is 4.84. The molecule has 32 heavy (non-hydrogen) atoms. The highest BCUT2D eigenvalue weighted by atomic mass is 16.5. The quantitative estimate of drug-likeness (QED) is 0.446. The van der Waals surface area contributed by atoms with Crippen molar-refractivity contribution < 1.29 is 14.3 Å². The van der Waals surface area contributed by atoms with Crippen LogP contribution in [0.5, 0.6) is 5.75 Å². The molecule has 0 aliphatic rings. The summed E-state index contributed by atoms with van der Waals surface area (Å²) in [5.74, 6) is 0.214. The van der Waals surface area contributed by atoms with E-state index in [4.69, 9.17) is 4.74 Å². The Labute approximate surface area is 185 Å². The van der Waals surface area contributed by atoms with Gasteiger partial charge in [0.15, 0.2) is 0 Å². The van der Waals surface area contributed by atoms with Gasteiger partial charge in [0.05, 0.1) is 19.1 Å². The number of nitrogens with one attached hydrogen (secondary N) is 2. The number of para-hydroxylation sites is 1. The van der Waals surface area contributed by atoms with E-state index < -0.39 is 0 Å². The summed E-state index contributed by atoms with van der Waals surface area (Å²) in [7, 11) is 0. The summed E-state index contributed by atoms with van der Waals surface area (Å²) in [6.07, 6.45) is 3.11. The van der Waals surface area contributed by atoms with E-state index in [0.717, 1.165) is 11.4 Å². The van der Waals surface area contributed by atoms with Gasteiger partial charge >= 0.3 is 0 Å². The first kappa shape index (κ1) is 20.9. The summed E-state index contributed by atoms with van der Waals surface area (Å²) in [4.78, 5) is 29.3. The number of aromatic nitrogens is 2. The molecule has 2 N–H and O–H groups in total. The number of anilines is 2. The second kappa shape index (κ2) is 9.61. The van der Waals surface area contributed by atoms with Crippen LogP contribution in [0.3, 0.4) is 0 Å². The summed E-state index contributed by atoms with van der Waals surface area (Å²) < 4.78 is 7.12. The fourth-order valence-corrected chi connectivity index (χ4v) is 3.16. The van der Waals surface area contributed by atoms with Crippen molar-refractivity contribution in [1.82, 2.24) is 9.55 Å². The largest absolute Gasteiger partial charge is 0.494 e. The molecule has 1 aromatic heterocycles. The number of imidazole rings is 1. The molecule has 0 spiro atoms. The van der Waals surface area contributed by atoms with Crippen LogP contribution in [0.2, 0.25) is 0 Å². The minimum Gasteiger partial charge on any atom is -0.494 e. The van der Waals surface area contributed by atoms with E-state index in [9.17, 15) is 9.59 Å². The molecule has 0 saturated heterocycles. The molecule has 4 aromatic rings. The first-order valence-electron chi connectivity index (χ1n) is 10.2. The Bertz CT molecular complexity index is 1200. The maximum atomic E-state index is 12.7. The molecule has 0 aliphatic heterocycles. The average Bonchev–Trinajstić information content (AvgIpc) is 3.32. The summed E-state index contributed by atoms with van der Waals surface area (Å²) in [6, 6.07) is 23.4. The second-order valence-electron chi connectivity index (χ2n) is 6.93. The van der Waals surface area contributed by atoms with Gasteiger partial charge in [-0.1, -0.05) is 18.2 Å². The van der Waals surface area contributed by atoms with Crippen molar-refractivity contribution in [3.05, 3.63) is 103 Å². The van der Waals surface area contributed by atoms with Crippen LogP contribution in [-0.4, -0.2) is 28.0 Å². The average molecular weight is 426 g/mol. The highest BCUT2D eigenvalue weighted by Gasteiger charge is 2.14. The van der Waals surface area contributed by atoms with Gasteiger partial charge in [-0.05, 0) is 67.6 Å². The molecule has 0 aliphatic carbocycles. The van der Waals surface area contributed by atoms with Crippen molar-refractivity contribution in [2.75, 3.05) is 17.2 Å². The lowest BCUT2D eigenvalue weighted by atomic mass is 10.2. The zero-order valence-corrected chi connectivity index (χ0v) is 17.5. The molecular formula is C25H22N4O3. The van der Waals surface area contributed by atoms with E-state index in [1.807, 2.05) is 37.3 Å². The van der Waals surface area contributed by atoms with E-state index in [0.29, 0.717) is 29.2 Å². The summed E-state index contributed by atoms with van der Waals surface area (Å²) in [5.41, 5.74) is 2.98. The summed E-state index contributed by atoms with van der Waals surface area (Å²) in [5, 5.41) is 5.69. The van der Waals surface area contributed by atoms with Crippen molar-refractivity contribution in [2.45, 2.75) is 6.92 Å². The standard InChI is InChI=1S/C25H22N4O3/c1-2-32-22-14-12-20(13-15-22)27-24(30)18-8-10-19(11-9-18)28-25(31)23-16-26-17-29(23)21-6-4-3-5-7-21/h3-17H,2H2,1H3,(H,27,30)(H,28,31). The maximum Gasteiger partial charge on any atom is 0.274 e. The normalized spacial score (nSPS) is 10.4. The van der Waals surface area contributed by atoms with Gasteiger partial charge in [-0.2, -0.15) is 0 Å². The van der Waals surface area contributed by atoms with E-state index in [1.54, 1.807) is 59.4 Å². The summed E-state index contributed by atoms with van der Waals surface area (Å²) in [6.45, 7) is 2.50. The van der Waals surface area contributed by atoms with Gasteiger partial charge in [-0.25, -0.2) is 4.98 Å². The number of carbonyl (C=O) groups excluding carboxylic acids is 2. The number of benzene rings is 3. The van der Waals surface area contributed by atoms with Crippen LogP contribution >= 0.6 is 0 Å². The first-order valence-corrected chi connectivity index (χ1v) is 10.2. The van der Waals surface area contributed by atoms with E-state index in [-0.39, 0.29) is 11.8 Å². The van der Waals surface area contributed by atoms with Gasteiger partial charge in [-0.3, -0.25) is 14.2 Å². The number of hydrogen-bond donors (Lipinski definition) is 2. The lowest BCUT2D eigenvalue weighted by molar-refractivity contribution is 0.101. The molecule has 0 bridgehead atoms. The summed E-state index contributed by atoms with van der Waals surface area (Å²) >= 11 is 0. The molecule has 160 valence electrons. The molecule has 7 heteroatoms. The predicted molar refractivity (Wildman–Crippen MR) is 124 cm³/mol. The van der Waals surface area contributed by atoms with Gasteiger partial charge in [0.1, 0.15) is 11.4 Å². The van der Waals surface area contributed by atoms with Crippen molar-refractivity contribution in [2.24, 2.45) is 0 Å². The SMILES string of the molecule is CCOc1ccc(NC(=O)c2ccc(NC(=O)c3cncn3-c3ccccc3)cc2)cc1. The highest BCUT2D eigenvalue weighted by molar-refractivity contribution is 6.06.